The van der Waals surface area contributed by atoms with Crippen LogP contribution in [-0.2, 0) is 0 Å². The van der Waals surface area contributed by atoms with Crippen molar-refractivity contribution in [2.45, 2.75) is 38.8 Å². The van der Waals surface area contributed by atoms with Crippen LogP contribution in [0.15, 0.2) is 54.7 Å². The third kappa shape index (κ3) is 3.47. The molecule has 0 saturated carbocycles. The molecule has 4 rings (SSSR count). The van der Waals surface area contributed by atoms with Gasteiger partial charge in [-0.05, 0) is 69.2 Å². The summed E-state index contributed by atoms with van der Waals surface area (Å²) >= 11 is 0. The largest absolute Gasteiger partial charge is 0.490 e. The molecule has 1 fully saturated rings. The summed E-state index contributed by atoms with van der Waals surface area (Å²) < 4.78 is 21.8. The molecule has 3 aromatic rings. The van der Waals surface area contributed by atoms with E-state index >= 15 is 0 Å². The minimum absolute atomic E-state index is 0.225. The first-order valence-corrected chi connectivity index (χ1v) is 9.38. The normalized spacial score (nSPS) is 16.5. The van der Waals surface area contributed by atoms with E-state index in [0.717, 1.165) is 48.3 Å². The summed E-state index contributed by atoms with van der Waals surface area (Å²) in [5.41, 5.74) is 1.88. The maximum atomic E-state index is 13.5. The summed E-state index contributed by atoms with van der Waals surface area (Å²) in [4.78, 5) is 2.50. The second-order valence-corrected chi connectivity index (χ2v) is 7.33. The number of hydrogen-bond acceptors (Lipinski definition) is 2. The monoisotopic (exact) mass is 352 g/mol. The maximum absolute atomic E-state index is 13.5. The zero-order valence-electron chi connectivity index (χ0n) is 15.4. The van der Waals surface area contributed by atoms with Gasteiger partial charge < -0.3 is 14.2 Å². The number of fused-ring (bicyclic) bond motifs is 1. The Morgan fingerprint density at radius 1 is 1.04 bits per heavy atom. The van der Waals surface area contributed by atoms with Gasteiger partial charge in [0.2, 0.25) is 0 Å². The molecule has 3 nitrogen and oxygen atoms in total. The van der Waals surface area contributed by atoms with Crippen molar-refractivity contribution in [1.82, 2.24) is 9.47 Å². The molecule has 136 valence electrons. The van der Waals surface area contributed by atoms with Crippen LogP contribution in [0.3, 0.4) is 0 Å². The van der Waals surface area contributed by atoms with Crippen molar-refractivity contribution >= 4 is 10.9 Å². The molecule has 0 aliphatic carbocycles. The van der Waals surface area contributed by atoms with Gasteiger partial charge in [0.25, 0.3) is 0 Å². The molecule has 0 bridgehead atoms. The van der Waals surface area contributed by atoms with Gasteiger partial charge in [-0.15, -0.1) is 0 Å². The molecule has 2 aromatic carbocycles. The lowest BCUT2D eigenvalue weighted by molar-refractivity contribution is 0.0844. The van der Waals surface area contributed by atoms with E-state index in [0.29, 0.717) is 6.04 Å². The van der Waals surface area contributed by atoms with Gasteiger partial charge in [0.1, 0.15) is 17.7 Å². The standard InChI is InChI=1S/C22H25FN2O/c1-16(2)24-11-9-20(10-12-24)26-21-6-7-22-17(14-21)8-13-25(22)19-5-3-4-18(23)15-19/h3-8,13-16,20H,9-12H2,1-2H3. The summed E-state index contributed by atoms with van der Waals surface area (Å²) in [7, 11) is 0. The molecule has 0 N–H and O–H groups in total. The molecule has 0 atom stereocenters. The van der Waals surface area contributed by atoms with E-state index in [1.54, 1.807) is 12.1 Å². The third-order valence-electron chi connectivity index (χ3n) is 5.26. The summed E-state index contributed by atoms with van der Waals surface area (Å²) in [5, 5.41) is 1.10. The van der Waals surface area contributed by atoms with Crippen molar-refractivity contribution in [2.75, 3.05) is 13.1 Å². The Balaban J connectivity index is 1.51. The number of piperidine rings is 1. The van der Waals surface area contributed by atoms with E-state index in [1.165, 1.54) is 6.07 Å². The minimum atomic E-state index is -0.225. The average molecular weight is 352 g/mol. The summed E-state index contributed by atoms with van der Waals surface area (Å²) in [6.45, 7) is 6.69. The van der Waals surface area contributed by atoms with Gasteiger partial charge in [-0.2, -0.15) is 0 Å². The number of halogens is 1. The fourth-order valence-corrected chi connectivity index (χ4v) is 3.75. The Morgan fingerprint density at radius 3 is 2.58 bits per heavy atom. The average Bonchev–Trinajstić information content (AvgIpc) is 3.05. The Kier molecular flexibility index (Phi) is 4.68. The van der Waals surface area contributed by atoms with Crippen LogP contribution in [-0.4, -0.2) is 34.7 Å². The molecule has 1 aliphatic heterocycles. The van der Waals surface area contributed by atoms with Crippen molar-refractivity contribution in [3.8, 4) is 11.4 Å². The van der Waals surface area contributed by atoms with Gasteiger partial charge >= 0.3 is 0 Å². The van der Waals surface area contributed by atoms with E-state index in [-0.39, 0.29) is 11.9 Å². The molecule has 0 unspecified atom stereocenters. The number of nitrogens with zero attached hydrogens (tertiary/aromatic N) is 2. The zero-order chi connectivity index (χ0) is 18.1. The highest BCUT2D eigenvalue weighted by Gasteiger charge is 2.22. The molecule has 0 spiro atoms. The van der Waals surface area contributed by atoms with Crippen LogP contribution < -0.4 is 4.74 Å². The minimum Gasteiger partial charge on any atom is -0.490 e. The first kappa shape index (κ1) is 17.1. The molecular weight excluding hydrogens is 327 g/mol. The molecule has 1 saturated heterocycles. The molecule has 4 heteroatoms. The lowest BCUT2D eigenvalue weighted by Gasteiger charge is -2.34. The van der Waals surface area contributed by atoms with E-state index in [2.05, 4.69) is 36.9 Å². The van der Waals surface area contributed by atoms with Gasteiger partial charge in [-0.3, -0.25) is 0 Å². The summed E-state index contributed by atoms with van der Waals surface area (Å²) in [5.74, 6) is 0.689. The molecule has 26 heavy (non-hydrogen) atoms. The SMILES string of the molecule is CC(C)N1CCC(Oc2ccc3c(ccn3-c3cccc(F)c3)c2)CC1. The van der Waals surface area contributed by atoms with Crippen LogP contribution in [0.5, 0.6) is 5.75 Å². The van der Waals surface area contributed by atoms with Crippen LogP contribution >= 0.6 is 0 Å². The molecular formula is C22H25FN2O. The predicted octanol–water partition coefficient (Wildman–Crippen LogP) is 5.02. The Labute approximate surface area is 154 Å². The highest BCUT2D eigenvalue weighted by atomic mass is 19.1. The second kappa shape index (κ2) is 7.12. The van der Waals surface area contributed by atoms with Crippen LogP contribution in [0, 0.1) is 5.82 Å². The van der Waals surface area contributed by atoms with Crippen molar-refractivity contribution < 1.29 is 9.13 Å². The number of aromatic nitrogens is 1. The zero-order valence-corrected chi connectivity index (χ0v) is 15.4. The topological polar surface area (TPSA) is 17.4 Å². The van der Waals surface area contributed by atoms with Crippen LogP contribution in [0.25, 0.3) is 16.6 Å². The lowest BCUT2D eigenvalue weighted by atomic mass is 10.1. The van der Waals surface area contributed by atoms with E-state index < -0.39 is 0 Å². The van der Waals surface area contributed by atoms with Gasteiger partial charge in [-0.1, -0.05) is 6.07 Å². The first-order chi connectivity index (χ1) is 12.6. The lowest BCUT2D eigenvalue weighted by Crippen LogP contribution is -2.41. The van der Waals surface area contributed by atoms with Gasteiger partial charge in [0.05, 0.1) is 5.52 Å². The van der Waals surface area contributed by atoms with Crippen molar-refractivity contribution in [2.24, 2.45) is 0 Å². The highest BCUT2D eigenvalue weighted by Crippen LogP contribution is 2.27. The summed E-state index contributed by atoms with van der Waals surface area (Å²) in [6, 6.07) is 15.5. The quantitative estimate of drug-likeness (QED) is 0.656. The smallest absolute Gasteiger partial charge is 0.125 e. The Morgan fingerprint density at radius 2 is 1.85 bits per heavy atom. The number of ether oxygens (including phenoxy) is 1. The van der Waals surface area contributed by atoms with Gasteiger partial charge in [0, 0.05) is 36.4 Å². The number of likely N-dealkylation sites (tertiary alicyclic amines) is 1. The van der Waals surface area contributed by atoms with E-state index in [1.807, 2.05) is 22.9 Å². The first-order valence-electron chi connectivity index (χ1n) is 9.38. The van der Waals surface area contributed by atoms with Crippen LogP contribution in [0.4, 0.5) is 4.39 Å². The highest BCUT2D eigenvalue weighted by molar-refractivity contribution is 5.83. The van der Waals surface area contributed by atoms with Crippen molar-refractivity contribution in [3.05, 3.63) is 60.5 Å². The molecule has 0 radical (unpaired) electrons. The number of hydrogen-bond donors (Lipinski definition) is 0. The fraction of sp³-hybridized carbons (Fsp3) is 0.364. The van der Waals surface area contributed by atoms with Gasteiger partial charge in [0.15, 0.2) is 0 Å². The maximum Gasteiger partial charge on any atom is 0.125 e. The molecule has 0 amide bonds. The number of benzene rings is 2. The fourth-order valence-electron chi connectivity index (χ4n) is 3.75. The van der Waals surface area contributed by atoms with E-state index in [4.69, 9.17) is 4.74 Å². The Bertz CT molecular complexity index is 894. The van der Waals surface area contributed by atoms with E-state index in [9.17, 15) is 4.39 Å². The molecule has 1 aromatic heterocycles. The van der Waals surface area contributed by atoms with Crippen LogP contribution in [0.2, 0.25) is 0 Å². The predicted molar refractivity (Wildman–Crippen MR) is 104 cm³/mol. The molecule has 1 aliphatic rings. The number of rotatable bonds is 4. The summed E-state index contributed by atoms with van der Waals surface area (Å²) in [6.07, 6.45) is 4.40. The van der Waals surface area contributed by atoms with Crippen molar-refractivity contribution in [3.63, 3.8) is 0 Å². The Hall–Kier alpha value is -2.33. The second-order valence-electron chi connectivity index (χ2n) is 7.33. The van der Waals surface area contributed by atoms with Crippen molar-refractivity contribution in [1.29, 1.82) is 0 Å². The van der Waals surface area contributed by atoms with Gasteiger partial charge in [-0.25, -0.2) is 4.39 Å². The van der Waals surface area contributed by atoms with Crippen LogP contribution in [0.1, 0.15) is 26.7 Å². The molecule has 2 heterocycles. The third-order valence-corrected chi connectivity index (χ3v) is 5.26.